The van der Waals surface area contributed by atoms with E-state index in [0.717, 1.165) is 173 Å². The van der Waals surface area contributed by atoms with Gasteiger partial charge in [-0.15, -0.1) is 0 Å². The molecule has 0 saturated heterocycles. The zero-order valence-electron chi connectivity index (χ0n) is 54.6. The number of aliphatic hydroxyl groups is 6. The molecule has 6 aliphatic rings. The molecule has 3 aromatic carbocycles. The van der Waals surface area contributed by atoms with Gasteiger partial charge in [-0.3, -0.25) is 0 Å². The third-order valence-corrected chi connectivity index (χ3v) is 26.6. The van der Waals surface area contributed by atoms with Crippen LogP contribution in [-0.4, -0.2) is 126 Å². The predicted molar refractivity (Wildman–Crippen MR) is 394 cm³/mol. The van der Waals surface area contributed by atoms with Crippen LogP contribution >= 0.6 is 71.0 Å². The van der Waals surface area contributed by atoms with E-state index in [2.05, 4.69) is 147 Å². The van der Waals surface area contributed by atoms with Crippen molar-refractivity contribution in [2.75, 3.05) is 5.73 Å². The second-order valence-electron chi connectivity index (χ2n) is 29.0. The summed E-state index contributed by atoms with van der Waals surface area (Å²) in [6, 6.07) is 30.4. The zero-order valence-corrected chi connectivity index (χ0v) is 60.8. The first-order valence-corrected chi connectivity index (χ1v) is 37.0. The Labute approximate surface area is 605 Å². The number of rotatable bonds is 6. The van der Waals surface area contributed by atoms with E-state index in [4.69, 9.17) is 28.9 Å². The number of aryl methyl sites for hydroxylation is 3. The minimum Gasteiger partial charge on any atom is -0.390 e. The van der Waals surface area contributed by atoms with Crippen LogP contribution in [0.4, 0.5) is 5.82 Å². The van der Waals surface area contributed by atoms with Gasteiger partial charge in [-0.05, 0) is 235 Å². The number of hydrogen-bond donors (Lipinski definition) is 7. The quantitative estimate of drug-likeness (QED) is 0.0762. The van der Waals surface area contributed by atoms with Crippen molar-refractivity contribution in [1.82, 2.24) is 58.6 Å². The third-order valence-electron chi connectivity index (χ3n) is 23.8. The van der Waals surface area contributed by atoms with Crippen LogP contribution < -0.4 is 5.73 Å². The SMILES string of the molecule is Cc1ncnc2c1ccn2[C@@H]1C[C@@]2(CC[C@@H](c3ccc4cc(Br)c(Cl)nc4c3)C2)[C@@H](O)[C@H]1O.Cc1ncnc2c1ccn2[C@@H]1C[C@@]2(CC[C@@H](c3ccc4cc(Br)c(N)nc4c3)C2)[C@@H](O)[C@H]1O.Cc1ncnc2c1ccn2[C@@H]1C[C@@]2(CC[C@H](c3ccc4cc(Br)c(Cl)nc4c3)C2)[C@@H](O)[C@H]1O. The largest absolute Gasteiger partial charge is 0.390 e. The first-order valence-electron chi connectivity index (χ1n) is 33.9. The summed E-state index contributed by atoms with van der Waals surface area (Å²) in [6.07, 6.45) is 16.1. The molecule has 6 saturated carbocycles. The van der Waals surface area contributed by atoms with Crippen molar-refractivity contribution >= 4 is 143 Å². The van der Waals surface area contributed by atoms with Crippen LogP contribution in [0.15, 0.2) is 142 Å². The normalized spacial score (nSPS) is 29.6. The smallest absolute Gasteiger partial charge is 0.143 e. The van der Waals surface area contributed by atoms with Crippen molar-refractivity contribution in [1.29, 1.82) is 0 Å². The molecule has 19 nitrogen and oxygen atoms in total. The lowest BCUT2D eigenvalue weighted by atomic mass is 9.80. The topological polar surface area (TPSA) is 278 Å². The molecule has 6 aliphatic carbocycles. The zero-order chi connectivity index (χ0) is 68.7. The number of fused-ring (bicyclic) bond motifs is 6. The summed E-state index contributed by atoms with van der Waals surface area (Å²) >= 11 is 22.8. The Hall–Kier alpha value is -6.67. The van der Waals surface area contributed by atoms with Crippen LogP contribution in [0.1, 0.15) is 147 Å². The molecule has 9 heterocycles. The maximum atomic E-state index is 11.2. The predicted octanol–water partition coefficient (Wildman–Crippen LogP) is 14.9. The first-order chi connectivity index (χ1) is 47.6. The van der Waals surface area contributed by atoms with E-state index in [1.807, 2.05) is 89.5 Å². The Bertz CT molecular complexity index is 4680. The lowest BCUT2D eigenvalue weighted by molar-refractivity contribution is -0.0260. The van der Waals surface area contributed by atoms with Crippen LogP contribution in [0, 0.1) is 37.0 Å². The molecule has 3 spiro atoms. The summed E-state index contributed by atoms with van der Waals surface area (Å²) in [5, 5.41) is 73.9. The highest BCUT2D eigenvalue weighted by Crippen LogP contribution is 2.62. The van der Waals surface area contributed by atoms with Gasteiger partial charge in [-0.1, -0.05) is 59.6 Å². The Morgan fingerprint density at radius 3 is 1.06 bits per heavy atom. The van der Waals surface area contributed by atoms with E-state index < -0.39 is 36.6 Å². The number of nitrogens with zero attached hydrogens (tertiary/aromatic N) is 12. The van der Waals surface area contributed by atoms with Gasteiger partial charge in [0.1, 0.15) is 70.4 Å². The second-order valence-corrected chi connectivity index (χ2v) is 32.3. The minimum atomic E-state index is -0.830. The summed E-state index contributed by atoms with van der Waals surface area (Å²) in [5.41, 5.74) is 16.5. The van der Waals surface area contributed by atoms with Crippen molar-refractivity contribution in [3.05, 3.63) is 186 Å². The van der Waals surface area contributed by atoms with E-state index in [9.17, 15) is 30.6 Å². The van der Waals surface area contributed by atoms with Gasteiger partial charge in [0.2, 0.25) is 0 Å². The van der Waals surface area contributed by atoms with Gasteiger partial charge in [0.15, 0.2) is 0 Å². The number of anilines is 1. The maximum Gasteiger partial charge on any atom is 0.143 e. The molecule has 9 aromatic heterocycles. The highest BCUT2D eigenvalue weighted by molar-refractivity contribution is 9.11. The lowest BCUT2D eigenvalue weighted by Crippen LogP contribution is -2.35. The molecule has 0 aliphatic heterocycles. The summed E-state index contributed by atoms with van der Waals surface area (Å²) in [4.78, 5) is 39.8. The standard InChI is InChI=1S/2C25H24BrClN4O2.C25H26BrN5O2/c3*1-13-17-5-7-31(24(17)29-12-28-13)20-11-25(22(33)21(20)32)6-4-16(10-25)14-2-3-15-8-18(26)23(27)30-19(15)9-14/h2*2-3,5,7-9,12,16,20-22,32-33H,4,6,10-11H2,1H3;2-3,5,7-9,12,16,20-22,32-33H,4,6,10-11H2,1H3,(H2,27,30)/t16-,20+,21-,22-,25-;2*16-,20-,21+,22+,25+/m011/s1. The van der Waals surface area contributed by atoms with Crippen molar-refractivity contribution in [2.45, 2.75) is 170 Å². The summed E-state index contributed by atoms with van der Waals surface area (Å²) in [7, 11) is 0. The minimum absolute atomic E-state index is 0.207. The molecular formula is C75H74Br3Cl2N13O6. The molecule has 12 aromatic rings. The van der Waals surface area contributed by atoms with Crippen molar-refractivity contribution in [3.63, 3.8) is 0 Å². The molecule has 8 N–H and O–H groups in total. The van der Waals surface area contributed by atoms with E-state index in [1.165, 1.54) is 16.7 Å². The van der Waals surface area contributed by atoms with Crippen LogP contribution in [0.2, 0.25) is 10.3 Å². The molecular weight excluding hydrogens is 1490 g/mol. The Kier molecular flexibility index (Phi) is 17.3. The highest BCUT2D eigenvalue weighted by Gasteiger charge is 2.59. The van der Waals surface area contributed by atoms with E-state index in [0.29, 0.717) is 33.9 Å². The number of halogens is 5. The fourth-order valence-corrected chi connectivity index (χ4v) is 19.8. The van der Waals surface area contributed by atoms with E-state index >= 15 is 0 Å². The number of aliphatic hydroxyl groups excluding tert-OH is 6. The number of benzene rings is 3. The lowest BCUT2D eigenvalue weighted by Gasteiger charge is -2.28. The van der Waals surface area contributed by atoms with E-state index in [1.54, 1.807) is 19.0 Å². The van der Waals surface area contributed by atoms with Crippen molar-refractivity contribution in [2.24, 2.45) is 16.2 Å². The van der Waals surface area contributed by atoms with Crippen LogP contribution in [0.3, 0.4) is 0 Å². The molecule has 0 bridgehead atoms. The fourth-order valence-electron chi connectivity index (χ4n) is 18.5. The second kappa shape index (κ2) is 25.7. The average Bonchev–Trinajstić information content (AvgIpc) is 1.69. The highest BCUT2D eigenvalue weighted by atomic mass is 79.9. The Balaban J connectivity index is 0.000000116. The van der Waals surface area contributed by atoms with E-state index in [-0.39, 0.29) is 34.4 Å². The molecule has 24 heteroatoms. The van der Waals surface area contributed by atoms with Crippen LogP contribution in [-0.2, 0) is 0 Å². The maximum absolute atomic E-state index is 11.2. The van der Waals surface area contributed by atoms with Gasteiger partial charge in [-0.2, -0.15) is 0 Å². The van der Waals surface area contributed by atoms with Gasteiger partial charge in [-0.25, -0.2) is 44.9 Å². The van der Waals surface area contributed by atoms with Gasteiger partial charge >= 0.3 is 0 Å². The monoisotopic (exact) mass is 1560 g/mol. The number of nitrogens with two attached hydrogens (primary N) is 1. The Morgan fingerprint density at radius 2 is 0.727 bits per heavy atom. The Morgan fingerprint density at radius 1 is 0.414 bits per heavy atom. The molecule has 6 fully saturated rings. The van der Waals surface area contributed by atoms with Crippen LogP contribution in [0.5, 0.6) is 0 Å². The summed E-state index contributed by atoms with van der Waals surface area (Å²) < 4.78 is 8.46. The number of nitrogen functional groups attached to an aromatic ring is 1. The molecule has 15 atom stereocenters. The van der Waals surface area contributed by atoms with Crippen molar-refractivity contribution < 1.29 is 30.6 Å². The van der Waals surface area contributed by atoms with Gasteiger partial charge in [0.25, 0.3) is 0 Å². The first kappa shape index (κ1) is 66.9. The number of aromatic nitrogens is 12. The molecule has 0 radical (unpaired) electrons. The molecule has 0 unspecified atom stereocenters. The fraction of sp³-hybridized carbons (Fsp3) is 0.400. The van der Waals surface area contributed by atoms with Gasteiger partial charge in [0, 0.05) is 67.2 Å². The molecule has 18 rings (SSSR count). The van der Waals surface area contributed by atoms with Crippen LogP contribution in [0.25, 0.3) is 65.8 Å². The third kappa shape index (κ3) is 11.5. The van der Waals surface area contributed by atoms with Gasteiger partial charge < -0.3 is 50.1 Å². The number of hydrogen-bond acceptors (Lipinski definition) is 16. The van der Waals surface area contributed by atoms with Crippen molar-refractivity contribution in [3.8, 4) is 0 Å². The molecule has 0 amide bonds. The summed E-state index contributed by atoms with van der Waals surface area (Å²) in [6.45, 7) is 5.88. The summed E-state index contributed by atoms with van der Waals surface area (Å²) in [5.74, 6) is 1.42. The average molecular weight is 1560 g/mol. The molecule has 510 valence electrons. The molecule has 99 heavy (non-hydrogen) atoms. The number of pyridine rings is 3. The van der Waals surface area contributed by atoms with Gasteiger partial charge in [0.05, 0.1) is 83.5 Å².